The van der Waals surface area contributed by atoms with Crippen molar-refractivity contribution in [3.63, 3.8) is 0 Å². The van der Waals surface area contributed by atoms with Crippen LogP contribution in [0.15, 0.2) is 34.0 Å². The van der Waals surface area contributed by atoms with Gasteiger partial charge in [-0.3, -0.25) is 4.79 Å². The van der Waals surface area contributed by atoms with Gasteiger partial charge in [0.05, 0.1) is 16.5 Å². The van der Waals surface area contributed by atoms with Crippen molar-refractivity contribution in [2.45, 2.75) is 11.3 Å². The Bertz CT molecular complexity index is 833. The molecule has 3 rings (SSSR count). The van der Waals surface area contributed by atoms with E-state index in [4.69, 9.17) is 11.6 Å². The number of amides is 1. The topological polar surface area (TPSA) is 67.8 Å². The Kier molecular flexibility index (Phi) is 5.27. The third kappa shape index (κ3) is 4.29. The molecule has 0 aliphatic heterocycles. The summed E-state index contributed by atoms with van der Waals surface area (Å²) in [6, 6.07) is 7.42. The number of hydrogen-bond donors (Lipinski definition) is 1. The van der Waals surface area contributed by atoms with Crippen LogP contribution < -0.4 is 5.32 Å². The third-order valence-corrected chi connectivity index (χ3v) is 5.75. The van der Waals surface area contributed by atoms with Crippen LogP contribution in [-0.4, -0.2) is 26.0 Å². The van der Waals surface area contributed by atoms with Crippen molar-refractivity contribution in [2.24, 2.45) is 0 Å². The summed E-state index contributed by atoms with van der Waals surface area (Å²) in [5.41, 5.74) is 1.69. The van der Waals surface area contributed by atoms with Crippen molar-refractivity contribution in [3.8, 4) is 11.4 Å². The molecule has 118 valence electrons. The molecule has 0 unspecified atom stereocenters. The Labute approximate surface area is 150 Å². The molecule has 3 aromatic rings. The number of carbonyl (C=O) groups excluding carboxylic acids is 1. The van der Waals surface area contributed by atoms with Gasteiger partial charge in [0.2, 0.25) is 5.91 Å². The highest BCUT2D eigenvalue weighted by molar-refractivity contribution is 8.01. The molecular formula is C14H11ClN4OS3. The number of anilines is 1. The quantitative estimate of drug-likeness (QED) is 0.664. The van der Waals surface area contributed by atoms with E-state index in [9.17, 15) is 4.79 Å². The normalized spacial score (nSPS) is 10.7. The molecule has 9 heteroatoms. The zero-order valence-electron chi connectivity index (χ0n) is 11.9. The summed E-state index contributed by atoms with van der Waals surface area (Å²) in [4.78, 5) is 20.5. The highest BCUT2D eigenvalue weighted by atomic mass is 35.5. The number of thioether (sulfide) groups is 1. The van der Waals surface area contributed by atoms with Gasteiger partial charge in [-0.2, -0.15) is 4.37 Å². The summed E-state index contributed by atoms with van der Waals surface area (Å²) in [6.45, 7) is 1.89. The first-order chi connectivity index (χ1) is 11.1. The van der Waals surface area contributed by atoms with Crippen LogP contribution in [0, 0.1) is 6.92 Å². The van der Waals surface area contributed by atoms with Crippen molar-refractivity contribution in [3.05, 3.63) is 40.4 Å². The zero-order chi connectivity index (χ0) is 16.2. The average Bonchev–Trinajstić information content (AvgIpc) is 3.15. The first-order valence-corrected chi connectivity index (χ1v) is 9.57. The van der Waals surface area contributed by atoms with E-state index >= 15 is 0 Å². The van der Waals surface area contributed by atoms with Crippen LogP contribution in [0.1, 0.15) is 5.69 Å². The van der Waals surface area contributed by atoms with Crippen molar-refractivity contribution in [1.82, 2.24) is 14.3 Å². The Morgan fingerprint density at radius 3 is 2.91 bits per heavy atom. The van der Waals surface area contributed by atoms with Gasteiger partial charge < -0.3 is 5.32 Å². The molecule has 0 aliphatic carbocycles. The lowest BCUT2D eigenvalue weighted by Gasteiger charge is -1.99. The van der Waals surface area contributed by atoms with E-state index in [0.29, 0.717) is 16.0 Å². The molecule has 23 heavy (non-hydrogen) atoms. The molecule has 5 nitrogen and oxygen atoms in total. The summed E-state index contributed by atoms with van der Waals surface area (Å²) in [7, 11) is 0. The number of rotatable bonds is 5. The number of halogens is 1. The third-order valence-electron chi connectivity index (χ3n) is 2.71. The second-order valence-corrected chi connectivity index (χ2v) is 7.73. The Balaban J connectivity index is 1.59. The number of nitrogens with one attached hydrogen (secondary N) is 1. The fraction of sp³-hybridized carbons (Fsp3) is 0.143. The molecule has 0 saturated carbocycles. The molecule has 1 amide bonds. The molecule has 2 heterocycles. The van der Waals surface area contributed by atoms with Crippen LogP contribution in [0.3, 0.4) is 0 Å². The van der Waals surface area contributed by atoms with Crippen molar-refractivity contribution in [2.75, 3.05) is 11.1 Å². The van der Waals surface area contributed by atoms with Gasteiger partial charge >= 0.3 is 0 Å². The van der Waals surface area contributed by atoms with Crippen LogP contribution in [0.25, 0.3) is 11.4 Å². The fourth-order valence-electron chi connectivity index (χ4n) is 1.71. The molecule has 2 aromatic heterocycles. The second-order valence-electron chi connectivity index (χ2n) is 4.49. The minimum Gasteiger partial charge on any atom is -0.301 e. The standard InChI is InChI=1S/C14H11ClN4OS3/c1-8-6-21-13(16-8)17-11(20)7-22-14-18-12(19-23-14)9-4-2-3-5-10(9)15/h2-6H,7H2,1H3,(H,16,17,20). The first-order valence-electron chi connectivity index (χ1n) is 6.55. The lowest BCUT2D eigenvalue weighted by Crippen LogP contribution is -2.13. The molecular weight excluding hydrogens is 372 g/mol. The Morgan fingerprint density at radius 1 is 1.35 bits per heavy atom. The Morgan fingerprint density at radius 2 is 2.17 bits per heavy atom. The maximum absolute atomic E-state index is 11.9. The number of thiazole rings is 1. The van der Waals surface area contributed by atoms with Crippen LogP contribution in [0.2, 0.25) is 5.02 Å². The smallest absolute Gasteiger partial charge is 0.236 e. The van der Waals surface area contributed by atoms with E-state index in [2.05, 4.69) is 19.7 Å². The van der Waals surface area contributed by atoms with E-state index in [0.717, 1.165) is 15.6 Å². The number of nitrogens with zero attached hydrogens (tertiary/aromatic N) is 3. The maximum atomic E-state index is 11.9. The van der Waals surface area contributed by atoms with E-state index in [1.807, 2.05) is 30.5 Å². The number of carbonyl (C=O) groups is 1. The molecule has 0 aliphatic rings. The van der Waals surface area contributed by atoms with Crippen molar-refractivity contribution in [1.29, 1.82) is 0 Å². The molecule has 0 saturated heterocycles. The van der Waals surface area contributed by atoms with Gasteiger partial charge in [-0.1, -0.05) is 35.5 Å². The molecule has 1 aromatic carbocycles. The second kappa shape index (κ2) is 7.39. The SMILES string of the molecule is Cc1csc(NC(=O)CSc2nc(-c3ccccc3Cl)ns2)n1. The predicted octanol–water partition coefficient (Wildman–Crippen LogP) is 4.35. The largest absolute Gasteiger partial charge is 0.301 e. The molecule has 0 bridgehead atoms. The highest BCUT2D eigenvalue weighted by Crippen LogP contribution is 2.29. The van der Waals surface area contributed by atoms with Gasteiger partial charge in [-0.05, 0) is 30.6 Å². The van der Waals surface area contributed by atoms with Gasteiger partial charge in [-0.25, -0.2) is 9.97 Å². The summed E-state index contributed by atoms with van der Waals surface area (Å²) in [5.74, 6) is 0.730. The van der Waals surface area contributed by atoms with Crippen LogP contribution in [0.5, 0.6) is 0 Å². The van der Waals surface area contributed by atoms with Crippen LogP contribution in [0.4, 0.5) is 5.13 Å². The lowest BCUT2D eigenvalue weighted by atomic mass is 10.2. The van der Waals surface area contributed by atoms with Gasteiger partial charge in [0.1, 0.15) is 0 Å². The molecule has 0 radical (unpaired) electrons. The highest BCUT2D eigenvalue weighted by Gasteiger charge is 2.12. The van der Waals surface area contributed by atoms with Crippen molar-refractivity contribution < 1.29 is 4.79 Å². The number of aryl methyl sites for hydroxylation is 1. The van der Waals surface area contributed by atoms with Gasteiger partial charge in [0.25, 0.3) is 0 Å². The summed E-state index contributed by atoms with van der Waals surface area (Å²) in [6.07, 6.45) is 0. The monoisotopic (exact) mass is 382 g/mol. The van der Waals surface area contributed by atoms with Crippen LogP contribution in [-0.2, 0) is 4.79 Å². The number of hydrogen-bond acceptors (Lipinski definition) is 7. The van der Waals surface area contributed by atoms with Gasteiger partial charge in [0.15, 0.2) is 15.3 Å². The van der Waals surface area contributed by atoms with E-state index in [-0.39, 0.29) is 11.7 Å². The number of aromatic nitrogens is 3. The van der Waals surface area contributed by atoms with Gasteiger partial charge in [0, 0.05) is 10.9 Å². The summed E-state index contributed by atoms with van der Waals surface area (Å²) in [5, 5.41) is 5.88. The van der Waals surface area contributed by atoms with E-state index in [1.54, 1.807) is 6.07 Å². The van der Waals surface area contributed by atoms with Gasteiger partial charge in [-0.15, -0.1) is 11.3 Å². The minimum absolute atomic E-state index is 0.112. The molecule has 0 fully saturated rings. The molecule has 0 atom stereocenters. The summed E-state index contributed by atoms with van der Waals surface area (Å²) >= 11 is 10.1. The Hall–Kier alpha value is -1.48. The average molecular weight is 383 g/mol. The molecule has 0 spiro atoms. The number of benzene rings is 1. The molecule has 1 N–H and O–H groups in total. The predicted molar refractivity (Wildman–Crippen MR) is 96.6 cm³/mol. The van der Waals surface area contributed by atoms with Crippen molar-refractivity contribution >= 4 is 57.3 Å². The first kappa shape index (κ1) is 16.4. The fourth-order valence-corrected chi connectivity index (χ4v) is 4.05. The minimum atomic E-state index is -0.112. The maximum Gasteiger partial charge on any atom is 0.236 e. The van der Waals surface area contributed by atoms with E-state index < -0.39 is 0 Å². The van der Waals surface area contributed by atoms with E-state index in [1.165, 1.54) is 34.6 Å². The lowest BCUT2D eigenvalue weighted by molar-refractivity contribution is -0.113. The zero-order valence-corrected chi connectivity index (χ0v) is 15.2. The van der Waals surface area contributed by atoms with Crippen LogP contribution >= 0.6 is 46.2 Å². The summed E-state index contributed by atoms with van der Waals surface area (Å²) < 4.78 is 5.02.